The zero-order valence-electron chi connectivity index (χ0n) is 24.3. The smallest absolute Gasteiger partial charge is 0.292 e. The second-order valence-electron chi connectivity index (χ2n) is 9.46. The fourth-order valence-corrected chi connectivity index (χ4v) is 3.70. The molecule has 0 atom stereocenters. The van der Waals surface area contributed by atoms with Gasteiger partial charge in [0.05, 0.1) is 0 Å². The first-order chi connectivity index (χ1) is 21.5. The molecule has 0 aliphatic carbocycles. The van der Waals surface area contributed by atoms with Gasteiger partial charge < -0.3 is 21.3 Å². The lowest BCUT2D eigenvalue weighted by atomic mass is 10.2. The Morgan fingerprint density at radius 2 is 0.682 bits per heavy atom. The van der Waals surface area contributed by atoms with Crippen molar-refractivity contribution in [1.82, 2.24) is 21.3 Å². The van der Waals surface area contributed by atoms with Gasteiger partial charge in [0.2, 0.25) is 11.6 Å². The van der Waals surface area contributed by atoms with Crippen molar-refractivity contribution in [3.05, 3.63) is 168 Å². The van der Waals surface area contributed by atoms with Gasteiger partial charge in [-0.15, -0.1) is 0 Å². The molecule has 224 valence electrons. The van der Waals surface area contributed by atoms with Gasteiger partial charge in [0.15, 0.2) is 0 Å². The normalized spacial score (nSPS) is 10.4. The second-order valence-corrected chi connectivity index (χ2v) is 9.46. The highest BCUT2D eigenvalue weighted by Crippen LogP contribution is 2.00. The van der Waals surface area contributed by atoms with E-state index in [1.807, 2.05) is 121 Å². The van der Waals surface area contributed by atoms with Crippen LogP contribution in [0.25, 0.3) is 0 Å². The summed E-state index contributed by atoms with van der Waals surface area (Å²) < 4.78 is 0. The first-order valence-electron chi connectivity index (χ1n) is 14.1. The van der Waals surface area contributed by atoms with E-state index in [-0.39, 0.29) is 0 Å². The SMILES string of the molecule is O=C(/C=C/NCc1ccccc1)C(=O)NCc1ccccc1.O=C(/C=C/NCc1ccccc1)C(=O)NCc1ccccc1. The van der Waals surface area contributed by atoms with Crippen LogP contribution in [-0.2, 0) is 45.4 Å². The van der Waals surface area contributed by atoms with Crippen LogP contribution in [0.3, 0.4) is 0 Å². The predicted octanol–water partition coefficient (Wildman–Crippen LogP) is 4.35. The fourth-order valence-electron chi connectivity index (χ4n) is 3.70. The molecular formula is C36H36N4O4. The average Bonchev–Trinajstić information content (AvgIpc) is 3.08. The van der Waals surface area contributed by atoms with Gasteiger partial charge in [-0.3, -0.25) is 19.2 Å². The molecule has 0 fully saturated rings. The van der Waals surface area contributed by atoms with Crippen LogP contribution in [0.1, 0.15) is 22.3 Å². The Morgan fingerprint density at radius 3 is 0.977 bits per heavy atom. The van der Waals surface area contributed by atoms with E-state index in [2.05, 4.69) is 21.3 Å². The van der Waals surface area contributed by atoms with Crippen LogP contribution in [0, 0.1) is 0 Å². The topological polar surface area (TPSA) is 116 Å². The molecule has 4 aromatic rings. The maximum absolute atomic E-state index is 11.6. The van der Waals surface area contributed by atoms with Crippen LogP contribution in [0.4, 0.5) is 0 Å². The Kier molecular flexibility index (Phi) is 14.4. The van der Waals surface area contributed by atoms with Crippen LogP contribution in [0.5, 0.6) is 0 Å². The molecule has 2 amide bonds. The molecule has 0 unspecified atom stereocenters. The zero-order valence-corrected chi connectivity index (χ0v) is 24.3. The minimum Gasteiger partial charge on any atom is -0.387 e. The van der Waals surface area contributed by atoms with E-state index >= 15 is 0 Å². The molecule has 0 heterocycles. The molecule has 0 aromatic heterocycles. The second kappa shape index (κ2) is 19.4. The van der Waals surface area contributed by atoms with Crippen molar-refractivity contribution >= 4 is 23.4 Å². The van der Waals surface area contributed by atoms with Crippen molar-refractivity contribution in [3.63, 3.8) is 0 Å². The molecule has 0 spiro atoms. The van der Waals surface area contributed by atoms with Gasteiger partial charge in [-0.2, -0.15) is 0 Å². The lowest BCUT2D eigenvalue weighted by molar-refractivity contribution is -0.135. The largest absolute Gasteiger partial charge is 0.387 e. The van der Waals surface area contributed by atoms with Gasteiger partial charge in [0.25, 0.3) is 11.8 Å². The Morgan fingerprint density at radius 1 is 0.409 bits per heavy atom. The van der Waals surface area contributed by atoms with Crippen LogP contribution in [-0.4, -0.2) is 23.4 Å². The van der Waals surface area contributed by atoms with Crippen molar-refractivity contribution in [1.29, 1.82) is 0 Å². The summed E-state index contributed by atoms with van der Waals surface area (Å²) in [5.41, 5.74) is 4.12. The van der Waals surface area contributed by atoms with Gasteiger partial charge >= 0.3 is 0 Å². The number of hydrogen-bond donors (Lipinski definition) is 4. The summed E-state index contributed by atoms with van der Waals surface area (Å²) in [7, 11) is 0. The van der Waals surface area contributed by atoms with E-state index in [0.29, 0.717) is 26.2 Å². The van der Waals surface area contributed by atoms with Crippen LogP contribution in [0.15, 0.2) is 146 Å². The molecule has 4 rings (SSSR count). The molecule has 8 heteroatoms. The first kappa shape index (κ1) is 32.8. The van der Waals surface area contributed by atoms with E-state index in [4.69, 9.17) is 0 Å². The first-order valence-corrected chi connectivity index (χ1v) is 14.1. The van der Waals surface area contributed by atoms with E-state index in [9.17, 15) is 19.2 Å². The van der Waals surface area contributed by atoms with E-state index in [1.165, 1.54) is 24.6 Å². The molecule has 0 saturated heterocycles. The molecule has 0 aliphatic rings. The summed E-state index contributed by atoms with van der Waals surface area (Å²) in [6.07, 6.45) is 5.47. The van der Waals surface area contributed by atoms with Crippen molar-refractivity contribution in [2.75, 3.05) is 0 Å². The Hall–Kier alpha value is -5.76. The van der Waals surface area contributed by atoms with Crippen molar-refractivity contribution in [2.24, 2.45) is 0 Å². The molecule has 4 N–H and O–H groups in total. The summed E-state index contributed by atoms with van der Waals surface area (Å²) in [6.45, 7) is 1.90. The quantitative estimate of drug-likeness (QED) is 0.129. The van der Waals surface area contributed by atoms with Gasteiger partial charge in [-0.1, -0.05) is 121 Å². The number of benzene rings is 4. The lowest BCUT2D eigenvalue weighted by Gasteiger charge is -2.03. The summed E-state index contributed by atoms with van der Waals surface area (Å²) >= 11 is 0. The maximum atomic E-state index is 11.6. The number of carbonyl (C=O) groups excluding carboxylic acids is 4. The van der Waals surface area contributed by atoms with Crippen molar-refractivity contribution in [3.8, 4) is 0 Å². The Balaban J connectivity index is 0.000000240. The number of hydrogen-bond acceptors (Lipinski definition) is 6. The highest BCUT2D eigenvalue weighted by atomic mass is 16.2. The number of ketones is 2. The standard InChI is InChI=1S/2C18H18N2O2/c2*21-17(11-12-19-13-15-7-3-1-4-8-15)18(22)20-14-16-9-5-2-6-10-16/h2*1-12,19H,13-14H2,(H,20,22)/b2*12-11+. The summed E-state index contributed by atoms with van der Waals surface area (Å²) in [5, 5.41) is 11.1. The number of amides is 2. The lowest BCUT2D eigenvalue weighted by Crippen LogP contribution is -2.29. The number of nitrogens with one attached hydrogen (secondary N) is 4. The van der Waals surface area contributed by atoms with E-state index in [1.54, 1.807) is 0 Å². The Labute approximate surface area is 257 Å². The molecule has 0 bridgehead atoms. The predicted molar refractivity (Wildman–Crippen MR) is 171 cm³/mol. The molecule has 44 heavy (non-hydrogen) atoms. The third-order valence-corrected chi connectivity index (χ3v) is 6.04. The third kappa shape index (κ3) is 13.3. The molecule has 0 aliphatic heterocycles. The van der Waals surface area contributed by atoms with Gasteiger partial charge in [-0.25, -0.2) is 0 Å². The Bertz CT molecular complexity index is 1390. The average molecular weight is 589 g/mol. The van der Waals surface area contributed by atoms with Crippen molar-refractivity contribution in [2.45, 2.75) is 26.2 Å². The van der Waals surface area contributed by atoms with Crippen LogP contribution >= 0.6 is 0 Å². The third-order valence-electron chi connectivity index (χ3n) is 6.04. The zero-order chi connectivity index (χ0) is 31.2. The summed E-state index contributed by atoms with van der Waals surface area (Å²) in [4.78, 5) is 46.6. The molecular weight excluding hydrogens is 552 g/mol. The highest BCUT2D eigenvalue weighted by Gasteiger charge is 2.10. The summed E-state index contributed by atoms with van der Waals surface area (Å²) in [5.74, 6) is -2.36. The number of rotatable bonds is 14. The fraction of sp³-hybridized carbons (Fsp3) is 0.111. The van der Waals surface area contributed by atoms with Gasteiger partial charge in [0.1, 0.15) is 0 Å². The van der Waals surface area contributed by atoms with Crippen LogP contribution < -0.4 is 21.3 Å². The van der Waals surface area contributed by atoms with Gasteiger partial charge in [-0.05, 0) is 22.3 Å². The van der Waals surface area contributed by atoms with Crippen molar-refractivity contribution < 1.29 is 19.2 Å². The minimum absolute atomic E-state index is 0.344. The van der Waals surface area contributed by atoms with E-state index < -0.39 is 23.4 Å². The maximum Gasteiger partial charge on any atom is 0.292 e. The summed E-state index contributed by atoms with van der Waals surface area (Å²) in [6, 6.07) is 38.5. The molecule has 4 aromatic carbocycles. The van der Waals surface area contributed by atoms with Gasteiger partial charge in [0, 0.05) is 50.7 Å². The molecule has 8 nitrogen and oxygen atoms in total. The molecule has 0 radical (unpaired) electrons. The highest BCUT2D eigenvalue weighted by molar-refractivity contribution is 6.41. The van der Waals surface area contributed by atoms with E-state index in [0.717, 1.165) is 22.3 Å². The molecule has 0 saturated carbocycles. The monoisotopic (exact) mass is 588 g/mol. The van der Waals surface area contributed by atoms with Crippen LogP contribution in [0.2, 0.25) is 0 Å². The minimum atomic E-state index is -0.610. The number of carbonyl (C=O) groups is 4.